The summed E-state index contributed by atoms with van der Waals surface area (Å²) in [4.78, 5) is 0. The van der Waals surface area contributed by atoms with Gasteiger partial charge in [-0.15, -0.1) is 0 Å². The lowest BCUT2D eigenvalue weighted by Gasteiger charge is -2.24. The van der Waals surface area contributed by atoms with E-state index in [1.54, 1.807) is 0 Å². The Kier molecular flexibility index (Phi) is 1.78. The lowest BCUT2D eigenvalue weighted by Crippen LogP contribution is -2.28. The first kappa shape index (κ1) is 7.03. The Bertz CT molecular complexity index is 105. The molecule has 0 aromatic carbocycles. The molecule has 1 aliphatic heterocycles. The van der Waals surface area contributed by atoms with Crippen LogP contribution in [0.4, 0.5) is 0 Å². The molecular formula is C7H15NO. The lowest BCUT2D eigenvalue weighted by molar-refractivity contribution is 0.124. The highest BCUT2D eigenvalue weighted by Gasteiger charge is 2.34. The van der Waals surface area contributed by atoms with Crippen LogP contribution in [0.5, 0.6) is 0 Å². The Morgan fingerprint density at radius 1 is 1.78 bits per heavy atom. The fourth-order valence-corrected chi connectivity index (χ4v) is 1.21. The van der Waals surface area contributed by atoms with Crippen LogP contribution in [0.2, 0.25) is 0 Å². The summed E-state index contributed by atoms with van der Waals surface area (Å²) < 4.78 is 0. The van der Waals surface area contributed by atoms with E-state index in [2.05, 4.69) is 19.2 Å². The number of aliphatic hydroxyl groups excluding tert-OH is 1. The molecule has 2 heteroatoms. The molecule has 1 heterocycles. The number of hydrogen-bond acceptors (Lipinski definition) is 2. The predicted molar refractivity (Wildman–Crippen MR) is 37.2 cm³/mol. The average molecular weight is 129 g/mol. The minimum atomic E-state index is 0.139. The predicted octanol–water partition coefficient (Wildman–Crippen LogP) is 0.224. The molecule has 1 aliphatic rings. The minimum absolute atomic E-state index is 0.139. The second-order valence-corrected chi connectivity index (χ2v) is 3.34. The fourth-order valence-electron chi connectivity index (χ4n) is 1.21. The molecule has 0 aliphatic carbocycles. The highest BCUT2D eigenvalue weighted by Crippen LogP contribution is 2.29. The Labute approximate surface area is 56.3 Å². The van der Waals surface area contributed by atoms with E-state index in [0.29, 0.717) is 12.5 Å². The zero-order valence-electron chi connectivity index (χ0n) is 6.15. The van der Waals surface area contributed by atoms with Crippen molar-refractivity contribution >= 4 is 0 Å². The molecule has 0 unspecified atom stereocenters. The highest BCUT2D eigenvalue weighted by molar-refractivity contribution is 4.88. The van der Waals surface area contributed by atoms with Crippen LogP contribution in [0.25, 0.3) is 0 Å². The van der Waals surface area contributed by atoms with Gasteiger partial charge in [0.15, 0.2) is 0 Å². The van der Waals surface area contributed by atoms with Crippen molar-refractivity contribution in [3.63, 3.8) is 0 Å². The topological polar surface area (TPSA) is 32.3 Å². The fraction of sp³-hybridized carbons (Fsp3) is 1.00. The van der Waals surface area contributed by atoms with Gasteiger partial charge in [-0.25, -0.2) is 0 Å². The summed E-state index contributed by atoms with van der Waals surface area (Å²) in [5.41, 5.74) is 0.139. The van der Waals surface area contributed by atoms with Crippen molar-refractivity contribution < 1.29 is 5.11 Å². The Morgan fingerprint density at radius 2 is 2.44 bits per heavy atom. The van der Waals surface area contributed by atoms with Gasteiger partial charge in [0.2, 0.25) is 0 Å². The lowest BCUT2D eigenvalue weighted by atomic mass is 9.82. The van der Waals surface area contributed by atoms with Crippen LogP contribution in [0, 0.1) is 11.3 Å². The molecule has 0 spiro atoms. The van der Waals surface area contributed by atoms with Crippen molar-refractivity contribution in [2.45, 2.75) is 13.8 Å². The van der Waals surface area contributed by atoms with E-state index in [-0.39, 0.29) is 5.41 Å². The molecule has 0 amide bonds. The number of hydrogen-bond donors (Lipinski definition) is 2. The summed E-state index contributed by atoms with van der Waals surface area (Å²) in [7, 11) is 0. The van der Waals surface area contributed by atoms with Gasteiger partial charge in [-0.1, -0.05) is 13.8 Å². The van der Waals surface area contributed by atoms with Gasteiger partial charge >= 0.3 is 0 Å². The van der Waals surface area contributed by atoms with Gasteiger partial charge in [0, 0.05) is 18.6 Å². The standard InChI is InChI=1S/C7H15NO/c1-6-3-8-4-7(6,2)5-9/h6,8-9H,3-5H2,1-2H3/t6-,7+/m1/s1. The zero-order valence-corrected chi connectivity index (χ0v) is 6.15. The van der Waals surface area contributed by atoms with Gasteiger partial charge in [0.1, 0.15) is 0 Å². The number of nitrogens with one attached hydrogen (secondary N) is 1. The van der Waals surface area contributed by atoms with Gasteiger partial charge in [0.05, 0.1) is 0 Å². The Hall–Kier alpha value is -0.0800. The molecule has 1 fully saturated rings. The van der Waals surface area contributed by atoms with Gasteiger partial charge in [-0.3, -0.25) is 0 Å². The second-order valence-electron chi connectivity index (χ2n) is 3.34. The summed E-state index contributed by atoms with van der Waals surface area (Å²) in [5.74, 6) is 0.613. The molecule has 0 saturated carbocycles. The normalized spacial score (nSPS) is 43.7. The van der Waals surface area contributed by atoms with Crippen molar-refractivity contribution in [3.05, 3.63) is 0 Å². The number of rotatable bonds is 1. The maximum absolute atomic E-state index is 8.96. The third-order valence-corrected chi connectivity index (χ3v) is 2.53. The van der Waals surface area contributed by atoms with Gasteiger partial charge in [-0.05, 0) is 12.5 Å². The van der Waals surface area contributed by atoms with E-state index < -0.39 is 0 Å². The van der Waals surface area contributed by atoms with Crippen LogP contribution in [-0.4, -0.2) is 24.8 Å². The van der Waals surface area contributed by atoms with Crippen LogP contribution in [-0.2, 0) is 0 Å². The van der Waals surface area contributed by atoms with E-state index in [0.717, 1.165) is 13.1 Å². The van der Waals surface area contributed by atoms with Crippen molar-refractivity contribution in [1.82, 2.24) is 5.32 Å². The summed E-state index contributed by atoms with van der Waals surface area (Å²) in [6, 6.07) is 0. The first-order chi connectivity index (χ1) is 4.19. The first-order valence-corrected chi connectivity index (χ1v) is 3.50. The van der Waals surface area contributed by atoms with Gasteiger partial charge in [0.25, 0.3) is 0 Å². The van der Waals surface area contributed by atoms with Crippen LogP contribution >= 0.6 is 0 Å². The smallest absolute Gasteiger partial charge is 0.0499 e. The van der Waals surface area contributed by atoms with Crippen LogP contribution < -0.4 is 5.32 Å². The van der Waals surface area contributed by atoms with Crippen molar-refractivity contribution in [3.8, 4) is 0 Å². The molecule has 2 nitrogen and oxygen atoms in total. The van der Waals surface area contributed by atoms with Gasteiger partial charge < -0.3 is 10.4 Å². The largest absolute Gasteiger partial charge is 0.396 e. The Balaban J connectivity index is 2.56. The van der Waals surface area contributed by atoms with Crippen LogP contribution in [0.15, 0.2) is 0 Å². The van der Waals surface area contributed by atoms with E-state index in [1.165, 1.54) is 0 Å². The van der Waals surface area contributed by atoms with E-state index >= 15 is 0 Å². The molecule has 0 bridgehead atoms. The van der Waals surface area contributed by atoms with Crippen molar-refractivity contribution in [2.75, 3.05) is 19.7 Å². The SMILES string of the molecule is C[C@@H]1CNC[C@@]1(C)CO. The summed E-state index contributed by atoms with van der Waals surface area (Å²) in [6.45, 7) is 6.62. The Morgan fingerprint density at radius 3 is 2.67 bits per heavy atom. The quantitative estimate of drug-likeness (QED) is 0.531. The molecule has 2 atom stereocenters. The second kappa shape index (κ2) is 2.27. The first-order valence-electron chi connectivity index (χ1n) is 3.50. The molecule has 0 radical (unpaired) electrons. The average Bonchev–Trinajstić information content (AvgIpc) is 2.15. The third-order valence-electron chi connectivity index (χ3n) is 2.53. The van der Waals surface area contributed by atoms with Crippen LogP contribution in [0.3, 0.4) is 0 Å². The van der Waals surface area contributed by atoms with Crippen molar-refractivity contribution in [2.24, 2.45) is 11.3 Å². The molecule has 1 saturated heterocycles. The summed E-state index contributed by atoms with van der Waals surface area (Å²) in [5, 5.41) is 12.2. The summed E-state index contributed by atoms with van der Waals surface area (Å²) in [6.07, 6.45) is 0. The third kappa shape index (κ3) is 1.10. The highest BCUT2D eigenvalue weighted by atomic mass is 16.3. The zero-order chi connectivity index (χ0) is 6.91. The molecule has 54 valence electrons. The molecule has 9 heavy (non-hydrogen) atoms. The van der Waals surface area contributed by atoms with E-state index in [4.69, 9.17) is 5.11 Å². The van der Waals surface area contributed by atoms with E-state index in [1.807, 2.05) is 0 Å². The van der Waals surface area contributed by atoms with Crippen LogP contribution in [0.1, 0.15) is 13.8 Å². The molecule has 1 rings (SSSR count). The van der Waals surface area contributed by atoms with Gasteiger partial charge in [-0.2, -0.15) is 0 Å². The summed E-state index contributed by atoms with van der Waals surface area (Å²) >= 11 is 0. The monoisotopic (exact) mass is 129 g/mol. The van der Waals surface area contributed by atoms with E-state index in [9.17, 15) is 0 Å². The maximum atomic E-state index is 8.96. The van der Waals surface area contributed by atoms with Crippen molar-refractivity contribution in [1.29, 1.82) is 0 Å². The maximum Gasteiger partial charge on any atom is 0.0499 e. The minimum Gasteiger partial charge on any atom is -0.396 e. The number of aliphatic hydroxyl groups is 1. The molecule has 2 N–H and O–H groups in total. The molecular weight excluding hydrogens is 114 g/mol. The molecule has 0 aromatic heterocycles. The molecule has 0 aromatic rings.